The molecule has 4 rings (SSSR count). The minimum absolute atomic E-state index is 0.0463. The van der Waals surface area contributed by atoms with Crippen molar-refractivity contribution in [2.24, 2.45) is 0 Å². The van der Waals surface area contributed by atoms with Crippen LogP contribution in [0.25, 0.3) is 0 Å². The Morgan fingerprint density at radius 2 is 1.65 bits per heavy atom. The third-order valence-corrected chi connectivity index (χ3v) is 6.27. The Hall–Kier alpha value is -2.99. The first-order valence-corrected chi connectivity index (χ1v) is 11.0. The predicted molar refractivity (Wildman–Crippen MR) is 123 cm³/mol. The summed E-state index contributed by atoms with van der Waals surface area (Å²) in [5, 5.41) is 5.53. The minimum atomic E-state index is -0.578. The van der Waals surface area contributed by atoms with E-state index in [1.807, 2.05) is 54.6 Å². The fraction of sp³-hybridized carbons (Fsp3) is 0.200. The van der Waals surface area contributed by atoms with Crippen LogP contribution < -0.4 is 10.6 Å². The number of nitrogens with one attached hydrogen (secondary N) is 2. The summed E-state index contributed by atoms with van der Waals surface area (Å²) in [5.41, 5.74) is 1.73. The molecule has 2 N–H and O–H groups in total. The Morgan fingerprint density at radius 1 is 0.935 bits per heavy atom. The molecule has 1 saturated carbocycles. The summed E-state index contributed by atoms with van der Waals surface area (Å²) in [6.07, 6.45) is 2.65. The van der Waals surface area contributed by atoms with E-state index in [0.29, 0.717) is 5.69 Å². The normalized spacial score (nSPS) is 14.4. The molecule has 3 aromatic rings. The lowest BCUT2D eigenvalue weighted by molar-refractivity contribution is -0.124. The molecule has 0 bridgehead atoms. The van der Waals surface area contributed by atoms with Crippen molar-refractivity contribution in [3.63, 3.8) is 0 Å². The fourth-order valence-electron chi connectivity index (χ4n) is 3.87. The van der Waals surface area contributed by atoms with E-state index in [4.69, 9.17) is 0 Å². The largest absolute Gasteiger partial charge is 0.325 e. The van der Waals surface area contributed by atoms with E-state index in [2.05, 4.69) is 26.6 Å². The van der Waals surface area contributed by atoms with Crippen molar-refractivity contribution < 1.29 is 14.0 Å². The average Bonchev–Trinajstić information content (AvgIpc) is 2.72. The van der Waals surface area contributed by atoms with Crippen molar-refractivity contribution in [2.75, 3.05) is 10.6 Å². The zero-order valence-corrected chi connectivity index (χ0v) is 18.4. The van der Waals surface area contributed by atoms with Crippen molar-refractivity contribution in [1.82, 2.24) is 0 Å². The second-order valence-corrected chi connectivity index (χ2v) is 8.72. The summed E-state index contributed by atoms with van der Waals surface area (Å²) in [6, 6.07) is 21.3. The molecule has 0 saturated heterocycles. The number of carbonyl (C=O) groups is 2. The number of rotatable bonds is 6. The molecule has 0 atom stereocenters. The minimum Gasteiger partial charge on any atom is -0.325 e. The average molecular weight is 481 g/mol. The highest BCUT2D eigenvalue weighted by atomic mass is 79.9. The second kappa shape index (κ2) is 9.02. The SMILES string of the molecule is O=C(Cc1ccccc1)Nc1cc(NC(=O)C2(c3ccc(Br)cc3)CCC2)ccc1F. The number of benzene rings is 3. The first kappa shape index (κ1) is 21.2. The van der Waals surface area contributed by atoms with Gasteiger partial charge in [-0.15, -0.1) is 0 Å². The van der Waals surface area contributed by atoms with Gasteiger partial charge in [0.2, 0.25) is 11.8 Å². The van der Waals surface area contributed by atoms with Gasteiger partial charge in [-0.1, -0.05) is 64.8 Å². The molecule has 0 unspecified atom stereocenters. The van der Waals surface area contributed by atoms with Crippen LogP contribution in [0.4, 0.5) is 15.8 Å². The van der Waals surface area contributed by atoms with Crippen LogP contribution in [0.15, 0.2) is 77.3 Å². The maximum absolute atomic E-state index is 14.3. The third kappa shape index (κ3) is 4.69. The Kier molecular flexibility index (Phi) is 6.18. The number of amides is 2. The summed E-state index contributed by atoms with van der Waals surface area (Å²) in [7, 11) is 0. The highest BCUT2D eigenvalue weighted by Crippen LogP contribution is 2.45. The van der Waals surface area contributed by atoms with E-state index in [1.165, 1.54) is 18.2 Å². The van der Waals surface area contributed by atoms with Crippen LogP contribution in [0, 0.1) is 5.82 Å². The number of carbonyl (C=O) groups excluding carboxylic acids is 2. The third-order valence-electron chi connectivity index (χ3n) is 5.74. The van der Waals surface area contributed by atoms with E-state index in [1.54, 1.807) is 0 Å². The van der Waals surface area contributed by atoms with Gasteiger partial charge in [-0.05, 0) is 54.3 Å². The standard InChI is InChI=1S/C25H22BrFN2O2/c26-19-9-7-18(8-10-19)25(13-4-14-25)24(31)28-20-11-12-21(27)22(16-20)29-23(30)15-17-5-2-1-3-6-17/h1-3,5-12,16H,4,13-15H2,(H,28,31)(H,29,30). The van der Waals surface area contributed by atoms with Crippen LogP contribution in [0.5, 0.6) is 0 Å². The summed E-state index contributed by atoms with van der Waals surface area (Å²) in [4.78, 5) is 25.5. The lowest BCUT2D eigenvalue weighted by Gasteiger charge is -2.40. The molecule has 2 amide bonds. The molecule has 3 aromatic carbocycles. The van der Waals surface area contributed by atoms with Crippen molar-refractivity contribution >= 4 is 39.1 Å². The van der Waals surface area contributed by atoms with Gasteiger partial charge in [-0.3, -0.25) is 9.59 Å². The van der Waals surface area contributed by atoms with Crippen molar-refractivity contribution in [3.8, 4) is 0 Å². The molecule has 0 radical (unpaired) electrons. The summed E-state index contributed by atoms with van der Waals surface area (Å²) in [5.74, 6) is -0.987. The van der Waals surface area contributed by atoms with Crippen LogP contribution in [0.2, 0.25) is 0 Å². The maximum Gasteiger partial charge on any atom is 0.235 e. The van der Waals surface area contributed by atoms with E-state index in [9.17, 15) is 14.0 Å². The molecule has 31 heavy (non-hydrogen) atoms. The van der Waals surface area contributed by atoms with Gasteiger partial charge in [-0.25, -0.2) is 4.39 Å². The first-order valence-electron chi connectivity index (χ1n) is 10.2. The molecule has 0 heterocycles. The van der Waals surface area contributed by atoms with Crippen molar-refractivity contribution in [1.29, 1.82) is 0 Å². The van der Waals surface area contributed by atoms with Gasteiger partial charge in [0, 0.05) is 10.2 Å². The molecular formula is C25H22BrFN2O2. The van der Waals surface area contributed by atoms with Gasteiger partial charge in [0.05, 0.1) is 17.5 Å². The Labute approximate surface area is 189 Å². The van der Waals surface area contributed by atoms with E-state index >= 15 is 0 Å². The Morgan fingerprint density at radius 3 is 2.29 bits per heavy atom. The second-order valence-electron chi connectivity index (χ2n) is 7.80. The molecule has 0 spiro atoms. The fourth-order valence-corrected chi connectivity index (χ4v) is 4.14. The van der Waals surface area contributed by atoms with Crippen LogP contribution >= 0.6 is 15.9 Å². The van der Waals surface area contributed by atoms with Crippen LogP contribution in [0.3, 0.4) is 0 Å². The number of halogens is 2. The zero-order chi connectivity index (χ0) is 21.8. The number of hydrogen-bond donors (Lipinski definition) is 2. The van der Waals surface area contributed by atoms with Crippen molar-refractivity contribution in [2.45, 2.75) is 31.1 Å². The zero-order valence-electron chi connectivity index (χ0n) is 16.8. The Balaban J connectivity index is 1.48. The molecule has 0 aliphatic heterocycles. The van der Waals surface area contributed by atoms with E-state index < -0.39 is 11.2 Å². The summed E-state index contributed by atoms with van der Waals surface area (Å²) in [6.45, 7) is 0. The molecule has 1 fully saturated rings. The highest BCUT2D eigenvalue weighted by molar-refractivity contribution is 9.10. The summed E-state index contributed by atoms with van der Waals surface area (Å²) < 4.78 is 15.2. The van der Waals surface area contributed by atoms with Gasteiger partial charge in [0.15, 0.2) is 0 Å². The molecule has 158 valence electrons. The summed E-state index contributed by atoms with van der Waals surface area (Å²) >= 11 is 3.43. The number of hydrogen-bond acceptors (Lipinski definition) is 2. The van der Waals surface area contributed by atoms with Crippen LogP contribution in [-0.4, -0.2) is 11.8 Å². The molecular weight excluding hydrogens is 459 g/mol. The highest BCUT2D eigenvalue weighted by Gasteiger charge is 2.45. The van der Waals surface area contributed by atoms with Gasteiger partial charge in [0.1, 0.15) is 5.82 Å². The van der Waals surface area contributed by atoms with Gasteiger partial charge < -0.3 is 10.6 Å². The molecule has 0 aromatic heterocycles. The molecule has 1 aliphatic carbocycles. The first-order chi connectivity index (χ1) is 15.0. The van der Waals surface area contributed by atoms with Gasteiger partial charge in [0.25, 0.3) is 0 Å². The lowest BCUT2D eigenvalue weighted by Crippen LogP contribution is -2.46. The molecule has 1 aliphatic rings. The van der Waals surface area contributed by atoms with Gasteiger partial charge >= 0.3 is 0 Å². The number of anilines is 2. The topological polar surface area (TPSA) is 58.2 Å². The van der Waals surface area contributed by atoms with Gasteiger partial charge in [-0.2, -0.15) is 0 Å². The van der Waals surface area contributed by atoms with E-state index in [0.717, 1.165) is 34.9 Å². The quantitative estimate of drug-likeness (QED) is 0.466. The lowest BCUT2D eigenvalue weighted by atomic mass is 9.64. The smallest absolute Gasteiger partial charge is 0.235 e. The van der Waals surface area contributed by atoms with Crippen LogP contribution in [0.1, 0.15) is 30.4 Å². The molecule has 4 nitrogen and oxygen atoms in total. The Bertz CT molecular complexity index is 1100. The van der Waals surface area contributed by atoms with E-state index in [-0.39, 0.29) is 23.9 Å². The van der Waals surface area contributed by atoms with Crippen LogP contribution in [-0.2, 0) is 21.4 Å². The molecule has 6 heteroatoms. The monoisotopic (exact) mass is 480 g/mol. The van der Waals surface area contributed by atoms with Crippen molar-refractivity contribution in [3.05, 3.63) is 94.2 Å². The predicted octanol–water partition coefficient (Wildman–Crippen LogP) is 5.83. The maximum atomic E-state index is 14.3.